The number of aryl methyl sites for hydroxylation is 1. The van der Waals surface area contributed by atoms with E-state index in [4.69, 9.17) is 12.2 Å². The number of hydrogen-bond donors (Lipinski definition) is 2. The highest BCUT2D eigenvalue weighted by molar-refractivity contribution is 6.05. The Labute approximate surface area is 123 Å². The SMILES string of the molecule is C#CCNC(=O)c1cnc2c(cnn2CCCCC)c1N. The molecule has 2 aromatic heterocycles. The van der Waals surface area contributed by atoms with Gasteiger partial charge in [-0.05, 0) is 6.42 Å². The monoisotopic (exact) mass is 285 g/mol. The molecule has 6 heteroatoms. The van der Waals surface area contributed by atoms with Gasteiger partial charge >= 0.3 is 0 Å². The van der Waals surface area contributed by atoms with Gasteiger partial charge in [0.25, 0.3) is 5.91 Å². The van der Waals surface area contributed by atoms with Crippen molar-refractivity contribution in [3.63, 3.8) is 0 Å². The number of pyridine rings is 1. The van der Waals surface area contributed by atoms with Crippen molar-refractivity contribution in [1.82, 2.24) is 20.1 Å². The summed E-state index contributed by atoms with van der Waals surface area (Å²) in [5, 5.41) is 7.58. The van der Waals surface area contributed by atoms with Gasteiger partial charge in [0.2, 0.25) is 0 Å². The first-order valence-corrected chi connectivity index (χ1v) is 7.00. The molecule has 0 aliphatic carbocycles. The highest BCUT2D eigenvalue weighted by atomic mass is 16.1. The summed E-state index contributed by atoms with van der Waals surface area (Å²) >= 11 is 0. The predicted molar refractivity (Wildman–Crippen MR) is 82.6 cm³/mol. The number of rotatable bonds is 6. The second-order valence-electron chi connectivity index (χ2n) is 4.78. The fourth-order valence-electron chi connectivity index (χ4n) is 2.13. The quantitative estimate of drug-likeness (QED) is 0.623. The van der Waals surface area contributed by atoms with E-state index >= 15 is 0 Å². The number of anilines is 1. The molecule has 0 bridgehead atoms. The molecule has 0 aliphatic rings. The Kier molecular flexibility index (Phi) is 4.77. The van der Waals surface area contributed by atoms with Gasteiger partial charge in [0, 0.05) is 12.7 Å². The molecule has 21 heavy (non-hydrogen) atoms. The van der Waals surface area contributed by atoms with E-state index in [9.17, 15) is 4.79 Å². The number of unbranched alkanes of at least 4 members (excludes halogenated alkanes) is 2. The molecular weight excluding hydrogens is 266 g/mol. The van der Waals surface area contributed by atoms with Crippen molar-refractivity contribution in [3.8, 4) is 12.3 Å². The normalized spacial score (nSPS) is 10.5. The molecular formula is C15H19N5O. The number of nitrogens with one attached hydrogen (secondary N) is 1. The van der Waals surface area contributed by atoms with Crippen molar-refractivity contribution >= 4 is 22.6 Å². The molecule has 0 saturated heterocycles. The summed E-state index contributed by atoms with van der Waals surface area (Å²) in [5.74, 6) is 2.03. The van der Waals surface area contributed by atoms with Crippen LogP contribution in [0.1, 0.15) is 36.5 Å². The maximum absolute atomic E-state index is 11.9. The Hall–Kier alpha value is -2.55. The number of terminal acetylenes is 1. The molecule has 3 N–H and O–H groups in total. The van der Waals surface area contributed by atoms with Gasteiger partial charge in [0.15, 0.2) is 5.65 Å². The zero-order valence-corrected chi connectivity index (χ0v) is 12.1. The Morgan fingerprint density at radius 2 is 2.29 bits per heavy atom. The van der Waals surface area contributed by atoms with Crippen LogP contribution in [0.2, 0.25) is 0 Å². The fraction of sp³-hybridized carbons (Fsp3) is 0.400. The van der Waals surface area contributed by atoms with Gasteiger partial charge in [-0.1, -0.05) is 25.7 Å². The lowest BCUT2D eigenvalue weighted by molar-refractivity contribution is 0.0959. The lowest BCUT2D eigenvalue weighted by Gasteiger charge is -2.07. The molecule has 0 atom stereocenters. The Morgan fingerprint density at radius 3 is 3.00 bits per heavy atom. The number of carbonyl (C=O) groups excluding carboxylic acids is 1. The van der Waals surface area contributed by atoms with E-state index in [0.717, 1.165) is 25.8 Å². The maximum atomic E-state index is 11.9. The number of nitrogens with two attached hydrogens (primary N) is 1. The van der Waals surface area contributed by atoms with Crippen LogP contribution in [0.15, 0.2) is 12.4 Å². The molecule has 0 saturated carbocycles. The van der Waals surface area contributed by atoms with Crippen molar-refractivity contribution in [2.75, 3.05) is 12.3 Å². The van der Waals surface area contributed by atoms with E-state index in [1.807, 2.05) is 4.68 Å². The Balaban J connectivity index is 2.27. The summed E-state index contributed by atoms with van der Waals surface area (Å²) in [7, 11) is 0. The largest absolute Gasteiger partial charge is 0.397 e. The standard InChI is InChI=1S/C15H19N5O/c1-3-5-6-8-20-14-11(10-19-20)13(16)12(9-18-14)15(21)17-7-4-2/h2,9-10H,3,5-8H2,1H3,(H2,16,18)(H,17,21). The van der Waals surface area contributed by atoms with Crippen LogP contribution in [0, 0.1) is 12.3 Å². The summed E-state index contributed by atoms with van der Waals surface area (Å²) in [6.07, 6.45) is 11.6. The maximum Gasteiger partial charge on any atom is 0.255 e. The number of amides is 1. The molecule has 110 valence electrons. The van der Waals surface area contributed by atoms with E-state index in [2.05, 4.69) is 28.2 Å². The van der Waals surface area contributed by atoms with Crippen LogP contribution in [0.3, 0.4) is 0 Å². The minimum absolute atomic E-state index is 0.159. The minimum atomic E-state index is -0.321. The summed E-state index contributed by atoms with van der Waals surface area (Å²) in [6.45, 7) is 3.11. The molecule has 1 amide bonds. The Bertz CT molecular complexity index is 683. The lowest BCUT2D eigenvalue weighted by atomic mass is 10.2. The van der Waals surface area contributed by atoms with Crippen LogP contribution in [0.5, 0.6) is 0 Å². The van der Waals surface area contributed by atoms with Crippen LogP contribution in [-0.4, -0.2) is 27.2 Å². The smallest absolute Gasteiger partial charge is 0.255 e. The van der Waals surface area contributed by atoms with E-state index < -0.39 is 0 Å². The summed E-state index contributed by atoms with van der Waals surface area (Å²) < 4.78 is 1.82. The zero-order valence-electron chi connectivity index (χ0n) is 12.1. The molecule has 0 unspecified atom stereocenters. The number of hydrogen-bond acceptors (Lipinski definition) is 4. The Morgan fingerprint density at radius 1 is 1.48 bits per heavy atom. The highest BCUT2D eigenvalue weighted by Crippen LogP contribution is 2.23. The molecule has 2 aromatic rings. The third-order valence-electron chi connectivity index (χ3n) is 3.28. The molecule has 0 aliphatic heterocycles. The van der Waals surface area contributed by atoms with Crippen LogP contribution in [-0.2, 0) is 6.54 Å². The first-order valence-electron chi connectivity index (χ1n) is 7.00. The molecule has 0 fully saturated rings. The van der Waals surface area contributed by atoms with Crippen LogP contribution < -0.4 is 11.1 Å². The third-order valence-corrected chi connectivity index (χ3v) is 3.28. The summed E-state index contributed by atoms with van der Waals surface area (Å²) in [4.78, 5) is 16.2. The predicted octanol–water partition coefficient (Wildman–Crippen LogP) is 1.57. The number of aromatic nitrogens is 3. The van der Waals surface area contributed by atoms with Crippen molar-refractivity contribution in [2.24, 2.45) is 0 Å². The molecule has 6 nitrogen and oxygen atoms in total. The number of carbonyl (C=O) groups is 1. The molecule has 0 radical (unpaired) electrons. The van der Waals surface area contributed by atoms with Gasteiger partial charge in [-0.2, -0.15) is 5.10 Å². The van der Waals surface area contributed by atoms with Crippen molar-refractivity contribution in [2.45, 2.75) is 32.7 Å². The highest BCUT2D eigenvalue weighted by Gasteiger charge is 2.15. The van der Waals surface area contributed by atoms with Crippen LogP contribution >= 0.6 is 0 Å². The van der Waals surface area contributed by atoms with Crippen LogP contribution in [0.25, 0.3) is 11.0 Å². The summed E-state index contributed by atoms with van der Waals surface area (Å²) in [6, 6.07) is 0. The van der Waals surface area contributed by atoms with Gasteiger partial charge in [-0.25, -0.2) is 9.67 Å². The second kappa shape index (κ2) is 6.75. The number of nitrogens with zero attached hydrogens (tertiary/aromatic N) is 3. The molecule has 2 rings (SSSR count). The molecule has 2 heterocycles. The van der Waals surface area contributed by atoms with Crippen molar-refractivity contribution in [3.05, 3.63) is 18.0 Å². The zero-order chi connectivity index (χ0) is 15.2. The van der Waals surface area contributed by atoms with Gasteiger partial charge in [0.05, 0.1) is 29.4 Å². The molecule has 0 spiro atoms. The first-order chi connectivity index (χ1) is 10.2. The van der Waals surface area contributed by atoms with Crippen LogP contribution in [0.4, 0.5) is 5.69 Å². The number of fused-ring (bicyclic) bond motifs is 1. The minimum Gasteiger partial charge on any atom is -0.397 e. The average Bonchev–Trinajstić information content (AvgIpc) is 2.90. The summed E-state index contributed by atoms with van der Waals surface area (Å²) in [5.41, 5.74) is 7.47. The second-order valence-corrected chi connectivity index (χ2v) is 4.78. The van der Waals surface area contributed by atoms with Gasteiger partial charge in [0.1, 0.15) is 0 Å². The lowest BCUT2D eigenvalue weighted by Crippen LogP contribution is -2.24. The number of nitrogen functional groups attached to an aromatic ring is 1. The van der Waals surface area contributed by atoms with Gasteiger partial charge in [-0.15, -0.1) is 6.42 Å². The van der Waals surface area contributed by atoms with Crippen molar-refractivity contribution in [1.29, 1.82) is 0 Å². The van der Waals surface area contributed by atoms with E-state index in [-0.39, 0.29) is 12.5 Å². The van der Waals surface area contributed by atoms with Gasteiger partial charge < -0.3 is 11.1 Å². The van der Waals surface area contributed by atoms with E-state index in [1.54, 1.807) is 6.20 Å². The van der Waals surface area contributed by atoms with E-state index in [0.29, 0.717) is 22.3 Å². The third kappa shape index (κ3) is 3.14. The molecule has 0 aromatic carbocycles. The topological polar surface area (TPSA) is 85.8 Å². The van der Waals surface area contributed by atoms with Gasteiger partial charge in [-0.3, -0.25) is 4.79 Å². The van der Waals surface area contributed by atoms with E-state index in [1.165, 1.54) is 6.20 Å². The first kappa shape index (κ1) is 14.9. The van der Waals surface area contributed by atoms with Crippen molar-refractivity contribution < 1.29 is 4.79 Å². The fourth-order valence-corrected chi connectivity index (χ4v) is 2.13. The average molecular weight is 285 g/mol.